The molecule has 0 bridgehead atoms. The molecule has 0 spiro atoms. The first kappa shape index (κ1) is 20.3. The third-order valence-corrected chi connectivity index (χ3v) is 7.03. The van der Waals surface area contributed by atoms with Crippen LogP contribution in [0.15, 0.2) is 71.3 Å². The van der Waals surface area contributed by atoms with E-state index in [-0.39, 0.29) is 12.3 Å². The van der Waals surface area contributed by atoms with Gasteiger partial charge < -0.3 is 4.42 Å². The van der Waals surface area contributed by atoms with Gasteiger partial charge in [0.25, 0.3) is 0 Å². The quantitative estimate of drug-likeness (QED) is 0.427. The zero-order chi connectivity index (χ0) is 21.1. The second-order valence-electron chi connectivity index (χ2n) is 7.04. The number of hydrogen-bond donors (Lipinski definition) is 0. The first-order valence-electron chi connectivity index (χ1n) is 9.34. The van der Waals surface area contributed by atoms with Crippen molar-refractivity contribution >= 4 is 42.4 Å². The number of thiazole rings is 1. The minimum absolute atomic E-state index is 0.117. The maximum atomic E-state index is 13.1. The number of rotatable bonds is 7. The van der Waals surface area contributed by atoms with Crippen molar-refractivity contribution in [2.45, 2.75) is 19.2 Å². The van der Waals surface area contributed by atoms with E-state index in [1.807, 2.05) is 31.2 Å². The van der Waals surface area contributed by atoms with Crippen LogP contribution in [0.4, 0.5) is 5.13 Å². The Labute approximate surface area is 178 Å². The molecule has 4 rings (SSSR count). The molecule has 0 aliphatic rings. The fraction of sp³-hybridized carbons (Fsp3) is 0.182. The highest BCUT2D eigenvalue weighted by molar-refractivity contribution is 7.91. The molecule has 1 amide bonds. The summed E-state index contributed by atoms with van der Waals surface area (Å²) in [6.45, 7) is 2.10. The van der Waals surface area contributed by atoms with E-state index in [4.69, 9.17) is 4.42 Å². The van der Waals surface area contributed by atoms with Gasteiger partial charge in [0, 0.05) is 0 Å². The lowest BCUT2D eigenvalue weighted by Crippen LogP contribution is -2.35. The summed E-state index contributed by atoms with van der Waals surface area (Å²) in [5.74, 6) is -0.762. The van der Waals surface area contributed by atoms with E-state index in [0.717, 1.165) is 15.8 Å². The molecule has 4 aromatic rings. The first-order valence-corrected chi connectivity index (χ1v) is 12.0. The third-order valence-electron chi connectivity index (χ3n) is 4.53. The summed E-state index contributed by atoms with van der Waals surface area (Å²) in [4.78, 5) is 19.0. The number of aryl methyl sites for hydroxylation is 1. The molecule has 0 unspecified atom stereocenters. The molecule has 8 heteroatoms. The molecular weight excluding hydrogens is 420 g/mol. The van der Waals surface area contributed by atoms with Crippen molar-refractivity contribution in [2.75, 3.05) is 10.7 Å². The van der Waals surface area contributed by atoms with Crippen molar-refractivity contribution in [3.05, 3.63) is 83.8 Å². The summed E-state index contributed by atoms with van der Waals surface area (Å²) < 4.78 is 31.7. The largest absolute Gasteiger partial charge is 0.467 e. The maximum Gasteiger partial charge on any atom is 0.244 e. The smallest absolute Gasteiger partial charge is 0.244 e. The number of benzene rings is 2. The zero-order valence-corrected chi connectivity index (χ0v) is 17.9. The van der Waals surface area contributed by atoms with Crippen molar-refractivity contribution in [1.82, 2.24) is 4.98 Å². The number of furan rings is 1. The Morgan fingerprint density at radius 3 is 2.63 bits per heavy atom. The summed E-state index contributed by atoms with van der Waals surface area (Å²) in [7, 11) is -3.65. The van der Waals surface area contributed by atoms with Crippen LogP contribution in [0.25, 0.3) is 10.2 Å². The van der Waals surface area contributed by atoms with Gasteiger partial charge in [-0.1, -0.05) is 47.7 Å². The van der Waals surface area contributed by atoms with E-state index in [0.29, 0.717) is 16.5 Å². The second-order valence-corrected chi connectivity index (χ2v) is 10.1. The summed E-state index contributed by atoms with van der Waals surface area (Å²) >= 11 is 1.36. The van der Waals surface area contributed by atoms with E-state index >= 15 is 0 Å². The molecule has 0 atom stereocenters. The molecule has 154 valence electrons. The molecule has 0 saturated heterocycles. The fourth-order valence-electron chi connectivity index (χ4n) is 3.10. The van der Waals surface area contributed by atoms with Crippen LogP contribution in [0, 0.1) is 6.92 Å². The van der Waals surface area contributed by atoms with E-state index in [1.54, 1.807) is 36.4 Å². The Balaban J connectivity index is 1.62. The van der Waals surface area contributed by atoms with Gasteiger partial charge in [0.1, 0.15) is 11.5 Å². The zero-order valence-electron chi connectivity index (χ0n) is 16.3. The monoisotopic (exact) mass is 440 g/mol. The van der Waals surface area contributed by atoms with Crippen molar-refractivity contribution in [1.29, 1.82) is 0 Å². The lowest BCUT2D eigenvalue weighted by molar-refractivity contribution is -0.116. The predicted molar refractivity (Wildman–Crippen MR) is 118 cm³/mol. The van der Waals surface area contributed by atoms with Gasteiger partial charge in [0.15, 0.2) is 15.0 Å². The summed E-state index contributed by atoms with van der Waals surface area (Å²) in [5.41, 5.74) is 2.51. The normalized spacial score (nSPS) is 11.6. The lowest BCUT2D eigenvalue weighted by atomic mass is 10.2. The van der Waals surface area contributed by atoms with Crippen LogP contribution in [-0.2, 0) is 26.9 Å². The Bertz CT molecular complexity index is 1260. The molecule has 2 aromatic heterocycles. The van der Waals surface area contributed by atoms with Gasteiger partial charge in [-0.15, -0.1) is 0 Å². The Morgan fingerprint density at radius 1 is 1.10 bits per heavy atom. The van der Waals surface area contributed by atoms with E-state index in [1.165, 1.54) is 22.5 Å². The summed E-state index contributed by atoms with van der Waals surface area (Å²) in [5, 5.41) is 0.451. The number of fused-ring (bicyclic) bond motifs is 1. The van der Waals surface area contributed by atoms with E-state index in [2.05, 4.69) is 4.98 Å². The number of aromatic nitrogens is 1. The van der Waals surface area contributed by atoms with Crippen molar-refractivity contribution in [2.24, 2.45) is 0 Å². The molecule has 0 saturated carbocycles. The SMILES string of the molecule is Cc1ccc2nc(N(Cc3ccco3)C(=O)CS(=O)(=O)Cc3ccccc3)sc2c1. The molecule has 0 N–H and O–H groups in total. The Hall–Kier alpha value is -2.97. The number of anilines is 1. The van der Waals surface area contributed by atoms with Crippen molar-refractivity contribution < 1.29 is 17.6 Å². The fourth-order valence-corrected chi connectivity index (χ4v) is 5.52. The highest BCUT2D eigenvalue weighted by Gasteiger charge is 2.26. The topological polar surface area (TPSA) is 80.5 Å². The molecule has 2 heterocycles. The Morgan fingerprint density at radius 2 is 1.90 bits per heavy atom. The van der Waals surface area contributed by atoms with Crippen LogP contribution in [0.5, 0.6) is 0 Å². The molecule has 0 aliphatic heterocycles. The maximum absolute atomic E-state index is 13.1. The van der Waals surface area contributed by atoms with Crippen LogP contribution in [0.3, 0.4) is 0 Å². The predicted octanol–water partition coefficient (Wildman–Crippen LogP) is 4.35. The minimum Gasteiger partial charge on any atom is -0.467 e. The number of hydrogen-bond acceptors (Lipinski definition) is 6. The van der Waals surface area contributed by atoms with Crippen LogP contribution in [-0.4, -0.2) is 25.1 Å². The van der Waals surface area contributed by atoms with Gasteiger partial charge >= 0.3 is 0 Å². The Kier molecular flexibility index (Phi) is 5.69. The molecule has 0 fully saturated rings. The highest BCUT2D eigenvalue weighted by atomic mass is 32.2. The van der Waals surface area contributed by atoms with Crippen LogP contribution < -0.4 is 4.90 Å². The number of nitrogens with zero attached hydrogens (tertiary/aromatic N) is 2. The number of carbonyl (C=O) groups excluding carboxylic acids is 1. The van der Waals surface area contributed by atoms with Crippen molar-refractivity contribution in [3.63, 3.8) is 0 Å². The minimum atomic E-state index is -3.65. The number of sulfone groups is 1. The van der Waals surface area contributed by atoms with Gasteiger partial charge in [-0.25, -0.2) is 13.4 Å². The molecule has 6 nitrogen and oxygen atoms in total. The molecular formula is C22H20N2O4S2. The van der Waals surface area contributed by atoms with Crippen molar-refractivity contribution in [3.8, 4) is 0 Å². The molecule has 30 heavy (non-hydrogen) atoms. The van der Waals surface area contributed by atoms with Crippen LogP contribution >= 0.6 is 11.3 Å². The molecule has 0 aliphatic carbocycles. The van der Waals surface area contributed by atoms with E-state index < -0.39 is 21.5 Å². The van der Waals surface area contributed by atoms with Gasteiger partial charge in [-0.05, 0) is 42.3 Å². The lowest BCUT2D eigenvalue weighted by Gasteiger charge is -2.18. The third kappa shape index (κ3) is 4.77. The number of amides is 1. The summed E-state index contributed by atoms with van der Waals surface area (Å²) in [6.07, 6.45) is 1.52. The average molecular weight is 441 g/mol. The van der Waals surface area contributed by atoms with E-state index in [9.17, 15) is 13.2 Å². The summed E-state index contributed by atoms with van der Waals surface area (Å²) in [6, 6.07) is 18.2. The average Bonchev–Trinajstić information content (AvgIpc) is 3.35. The molecule has 2 aromatic carbocycles. The molecule has 0 radical (unpaired) electrons. The first-order chi connectivity index (χ1) is 14.4. The van der Waals surface area contributed by atoms with Gasteiger partial charge in [-0.3, -0.25) is 9.69 Å². The highest BCUT2D eigenvalue weighted by Crippen LogP contribution is 2.31. The van der Waals surface area contributed by atoms with Crippen LogP contribution in [0.2, 0.25) is 0 Å². The van der Waals surface area contributed by atoms with Crippen LogP contribution in [0.1, 0.15) is 16.9 Å². The standard InChI is InChI=1S/C22H20N2O4S2/c1-16-9-10-19-20(12-16)29-22(23-19)24(13-18-8-5-11-28-18)21(25)15-30(26,27)14-17-6-3-2-4-7-17/h2-12H,13-15H2,1H3. The van der Waals surface area contributed by atoms with Gasteiger partial charge in [0.2, 0.25) is 5.91 Å². The number of carbonyl (C=O) groups is 1. The van der Waals surface area contributed by atoms with Gasteiger partial charge in [-0.2, -0.15) is 0 Å². The van der Waals surface area contributed by atoms with Gasteiger partial charge in [0.05, 0.1) is 28.8 Å². The second kappa shape index (κ2) is 8.41.